The molecule has 0 fully saturated rings. The summed E-state index contributed by atoms with van der Waals surface area (Å²) >= 11 is 0. The molecule has 0 radical (unpaired) electrons. The molecule has 3 N–H and O–H groups in total. The van der Waals surface area contributed by atoms with Gasteiger partial charge in [-0.15, -0.1) is 0 Å². The quantitative estimate of drug-likeness (QED) is 0.353. The summed E-state index contributed by atoms with van der Waals surface area (Å²) in [4.78, 5) is 35.6. The summed E-state index contributed by atoms with van der Waals surface area (Å²) < 4.78 is 5.58. The van der Waals surface area contributed by atoms with Gasteiger partial charge < -0.3 is 15.4 Å². The predicted octanol–water partition coefficient (Wildman–Crippen LogP) is 2.38. The Kier molecular flexibility index (Phi) is 8.56. The predicted molar refractivity (Wildman–Crippen MR) is 115 cm³/mol. The Morgan fingerprint density at radius 1 is 1.10 bits per heavy atom. The Hall–Kier alpha value is -3.68. The molecule has 0 spiro atoms. The lowest BCUT2D eigenvalue weighted by atomic mass is 10.2. The van der Waals surface area contributed by atoms with Crippen molar-refractivity contribution in [1.29, 1.82) is 0 Å². The summed E-state index contributed by atoms with van der Waals surface area (Å²) in [6.45, 7) is 5.45. The number of hydrazone groups is 1. The third-order valence-electron chi connectivity index (χ3n) is 4.15. The van der Waals surface area contributed by atoms with Gasteiger partial charge in [0.1, 0.15) is 5.75 Å². The van der Waals surface area contributed by atoms with Gasteiger partial charge in [0.15, 0.2) is 6.61 Å². The first kappa shape index (κ1) is 22.6. The largest absolute Gasteiger partial charge is 0.483 e. The highest BCUT2D eigenvalue weighted by molar-refractivity contribution is 6.35. The third kappa shape index (κ3) is 7.38. The lowest BCUT2D eigenvalue weighted by molar-refractivity contribution is -0.139. The number of benzene rings is 2. The summed E-state index contributed by atoms with van der Waals surface area (Å²) in [6, 6.07) is 14.3. The number of rotatable bonds is 8. The highest BCUT2D eigenvalue weighted by Gasteiger charge is 2.14. The van der Waals surface area contributed by atoms with Crippen LogP contribution in [0.2, 0.25) is 0 Å². The number of hydrogen-bond acceptors (Lipinski definition) is 5. The standard InChI is InChI=1S/C22H26N4O4/c1-4-16(3)24-21(28)22(29)26-23-13-17-9-5-6-11-19(17)30-14-20(27)25-18-10-7-8-15(2)12-18/h5-13,16H,4,14H2,1-3H3,(H,24,28)(H,25,27)(H,26,29)/b23-13-/t16-/m1/s1. The van der Waals surface area contributed by atoms with Gasteiger partial charge in [0, 0.05) is 17.3 Å². The molecule has 0 saturated heterocycles. The van der Waals surface area contributed by atoms with Crippen molar-refractivity contribution in [2.45, 2.75) is 33.2 Å². The Morgan fingerprint density at radius 2 is 1.87 bits per heavy atom. The van der Waals surface area contributed by atoms with E-state index in [4.69, 9.17) is 4.74 Å². The molecular weight excluding hydrogens is 384 g/mol. The van der Waals surface area contributed by atoms with Crippen LogP contribution < -0.4 is 20.8 Å². The van der Waals surface area contributed by atoms with Crippen molar-refractivity contribution in [2.75, 3.05) is 11.9 Å². The first-order valence-electron chi connectivity index (χ1n) is 9.61. The molecule has 8 heteroatoms. The molecule has 1 atom stereocenters. The summed E-state index contributed by atoms with van der Waals surface area (Å²) in [7, 11) is 0. The molecule has 0 heterocycles. The van der Waals surface area contributed by atoms with E-state index >= 15 is 0 Å². The van der Waals surface area contributed by atoms with E-state index in [2.05, 4.69) is 21.2 Å². The number of hydrogen-bond donors (Lipinski definition) is 3. The smallest absolute Gasteiger partial charge is 0.329 e. The van der Waals surface area contributed by atoms with Gasteiger partial charge in [0.2, 0.25) is 0 Å². The zero-order valence-corrected chi connectivity index (χ0v) is 17.3. The molecule has 2 aromatic carbocycles. The van der Waals surface area contributed by atoms with Gasteiger partial charge in [0.25, 0.3) is 5.91 Å². The van der Waals surface area contributed by atoms with Crippen LogP contribution in [0.1, 0.15) is 31.4 Å². The van der Waals surface area contributed by atoms with E-state index in [0.717, 1.165) is 5.56 Å². The van der Waals surface area contributed by atoms with Crippen LogP contribution in [0, 0.1) is 6.92 Å². The fourth-order valence-electron chi connectivity index (χ4n) is 2.38. The number of carbonyl (C=O) groups is 3. The van der Waals surface area contributed by atoms with Crippen molar-refractivity contribution in [1.82, 2.24) is 10.7 Å². The van der Waals surface area contributed by atoms with Crippen LogP contribution >= 0.6 is 0 Å². The number of amides is 3. The molecule has 0 bridgehead atoms. The van der Waals surface area contributed by atoms with Gasteiger partial charge in [-0.1, -0.05) is 31.2 Å². The molecule has 8 nitrogen and oxygen atoms in total. The maximum Gasteiger partial charge on any atom is 0.329 e. The SMILES string of the molecule is CC[C@@H](C)NC(=O)C(=O)N/N=C\c1ccccc1OCC(=O)Nc1cccc(C)c1. The molecule has 0 saturated carbocycles. The van der Waals surface area contributed by atoms with Crippen LogP contribution in [0.25, 0.3) is 0 Å². The molecule has 0 aliphatic heterocycles. The second-order valence-corrected chi connectivity index (χ2v) is 6.73. The Morgan fingerprint density at radius 3 is 2.60 bits per heavy atom. The van der Waals surface area contributed by atoms with Crippen LogP contribution in [-0.2, 0) is 14.4 Å². The second-order valence-electron chi connectivity index (χ2n) is 6.73. The average Bonchev–Trinajstić information content (AvgIpc) is 2.72. The summed E-state index contributed by atoms with van der Waals surface area (Å²) in [5, 5.41) is 9.11. The van der Waals surface area contributed by atoms with Crippen molar-refractivity contribution < 1.29 is 19.1 Å². The fraction of sp³-hybridized carbons (Fsp3) is 0.273. The van der Waals surface area contributed by atoms with E-state index in [9.17, 15) is 14.4 Å². The first-order chi connectivity index (χ1) is 14.4. The van der Waals surface area contributed by atoms with Crippen molar-refractivity contribution in [3.8, 4) is 5.75 Å². The number of anilines is 1. The maximum absolute atomic E-state index is 12.1. The zero-order chi connectivity index (χ0) is 21.9. The molecule has 2 rings (SSSR count). The minimum atomic E-state index is -0.859. The second kappa shape index (κ2) is 11.4. The maximum atomic E-state index is 12.1. The van der Waals surface area contributed by atoms with Gasteiger partial charge in [-0.2, -0.15) is 5.10 Å². The molecular formula is C22H26N4O4. The summed E-state index contributed by atoms with van der Waals surface area (Å²) in [5.74, 6) is -1.50. The topological polar surface area (TPSA) is 109 Å². The lowest BCUT2D eigenvalue weighted by Gasteiger charge is -2.10. The molecule has 2 aromatic rings. The van der Waals surface area contributed by atoms with Gasteiger partial charge in [0.05, 0.1) is 6.21 Å². The van der Waals surface area contributed by atoms with Crippen LogP contribution in [-0.4, -0.2) is 36.6 Å². The Labute approximate surface area is 175 Å². The van der Waals surface area contributed by atoms with Crippen molar-refractivity contribution in [2.24, 2.45) is 5.10 Å². The van der Waals surface area contributed by atoms with Crippen molar-refractivity contribution >= 4 is 29.6 Å². The number of carbonyl (C=O) groups excluding carboxylic acids is 3. The van der Waals surface area contributed by atoms with Crippen LogP contribution in [0.4, 0.5) is 5.69 Å². The van der Waals surface area contributed by atoms with Gasteiger partial charge in [-0.05, 0) is 50.1 Å². The Balaban J connectivity index is 1.90. The Bertz CT molecular complexity index is 927. The molecule has 158 valence electrons. The number of nitrogens with one attached hydrogen (secondary N) is 3. The third-order valence-corrected chi connectivity index (χ3v) is 4.15. The number of para-hydroxylation sites is 1. The molecule has 0 aliphatic carbocycles. The fourth-order valence-corrected chi connectivity index (χ4v) is 2.38. The molecule has 0 unspecified atom stereocenters. The van der Waals surface area contributed by atoms with Gasteiger partial charge in [-0.3, -0.25) is 14.4 Å². The van der Waals surface area contributed by atoms with Crippen molar-refractivity contribution in [3.63, 3.8) is 0 Å². The monoisotopic (exact) mass is 410 g/mol. The molecule has 0 aliphatic rings. The highest BCUT2D eigenvalue weighted by atomic mass is 16.5. The van der Waals surface area contributed by atoms with E-state index in [0.29, 0.717) is 23.4 Å². The molecule has 3 amide bonds. The van der Waals surface area contributed by atoms with Crippen LogP contribution in [0.3, 0.4) is 0 Å². The van der Waals surface area contributed by atoms with Crippen LogP contribution in [0.15, 0.2) is 53.6 Å². The van der Waals surface area contributed by atoms with Gasteiger partial charge in [-0.25, -0.2) is 5.43 Å². The molecule has 0 aromatic heterocycles. The van der Waals surface area contributed by atoms with Gasteiger partial charge >= 0.3 is 11.8 Å². The normalized spacial score (nSPS) is 11.6. The summed E-state index contributed by atoms with van der Waals surface area (Å²) in [6.07, 6.45) is 2.06. The minimum absolute atomic E-state index is 0.104. The average molecular weight is 410 g/mol. The van der Waals surface area contributed by atoms with Crippen molar-refractivity contribution in [3.05, 3.63) is 59.7 Å². The number of nitrogens with zero attached hydrogens (tertiary/aromatic N) is 1. The zero-order valence-electron chi connectivity index (χ0n) is 17.3. The highest BCUT2D eigenvalue weighted by Crippen LogP contribution is 2.16. The summed E-state index contributed by atoms with van der Waals surface area (Å²) in [5.41, 5.74) is 4.45. The van der Waals surface area contributed by atoms with E-state index < -0.39 is 11.8 Å². The van der Waals surface area contributed by atoms with E-state index in [1.54, 1.807) is 37.3 Å². The van der Waals surface area contributed by atoms with Crippen LogP contribution in [0.5, 0.6) is 5.75 Å². The van der Waals surface area contributed by atoms with E-state index in [1.807, 2.05) is 32.0 Å². The number of ether oxygens (including phenoxy) is 1. The first-order valence-corrected chi connectivity index (χ1v) is 9.61. The molecule has 30 heavy (non-hydrogen) atoms. The number of aryl methyl sites for hydroxylation is 1. The lowest BCUT2D eigenvalue weighted by Crippen LogP contribution is -2.41. The van der Waals surface area contributed by atoms with E-state index in [-0.39, 0.29) is 18.6 Å². The van der Waals surface area contributed by atoms with E-state index in [1.165, 1.54) is 6.21 Å². The minimum Gasteiger partial charge on any atom is -0.483 e.